The summed E-state index contributed by atoms with van der Waals surface area (Å²) in [5, 5.41) is 12.8. The largest absolute Gasteiger partial charge is 0.462 e. The molecule has 0 spiro atoms. The fraction of sp³-hybridized carbons (Fsp3) is 0.267. The molecule has 0 unspecified atom stereocenters. The summed E-state index contributed by atoms with van der Waals surface area (Å²) in [4.78, 5) is 27.5. The fourth-order valence-corrected chi connectivity index (χ4v) is 1.68. The Morgan fingerprint density at radius 1 is 1.04 bits per heavy atom. The summed E-state index contributed by atoms with van der Waals surface area (Å²) in [7, 11) is 0. The molecule has 0 aliphatic heterocycles. The third kappa shape index (κ3) is 4.47. The van der Waals surface area contributed by atoms with Gasteiger partial charge in [0, 0.05) is 5.69 Å². The molecule has 0 atom stereocenters. The topological polar surface area (TPSA) is 106 Å². The molecular weight excluding hydrogens is 298 g/mol. The molecule has 8 heteroatoms. The van der Waals surface area contributed by atoms with Crippen LogP contribution in [0.4, 0.5) is 16.4 Å². The third-order valence-corrected chi connectivity index (χ3v) is 2.97. The minimum absolute atomic E-state index is 0.119. The number of hydrogen-bond acceptors (Lipinski definition) is 6. The molecule has 120 valence electrons. The molecule has 0 fully saturated rings. The average Bonchev–Trinajstić information content (AvgIpc) is 2.52. The average molecular weight is 315 g/mol. The number of hydrogen-bond donors (Lipinski definition) is 2. The number of anilines is 2. The summed E-state index contributed by atoms with van der Waals surface area (Å²) >= 11 is 0. The Labute approximate surface area is 133 Å². The van der Waals surface area contributed by atoms with E-state index in [1.165, 1.54) is 0 Å². The van der Waals surface area contributed by atoms with Gasteiger partial charge in [-0.15, -0.1) is 5.10 Å². The van der Waals surface area contributed by atoms with Crippen molar-refractivity contribution in [1.29, 1.82) is 0 Å². The maximum atomic E-state index is 11.9. The summed E-state index contributed by atoms with van der Waals surface area (Å²) in [5.74, 6) is -0.285. The normalized spacial score (nSPS) is 10.0. The van der Waals surface area contributed by atoms with E-state index in [0.717, 1.165) is 0 Å². The van der Waals surface area contributed by atoms with E-state index in [9.17, 15) is 9.59 Å². The highest BCUT2D eigenvalue weighted by Crippen LogP contribution is 2.11. The van der Waals surface area contributed by atoms with Gasteiger partial charge in [-0.1, -0.05) is 0 Å². The number of urea groups is 1. The lowest BCUT2D eigenvalue weighted by Crippen LogP contribution is -2.21. The van der Waals surface area contributed by atoms with E-state index in [-0.39, 0.29) is 5.95 Å². The summed E-state index contributed by atoms with van der Waals surface area (Å²) in [6.45, 7) is 5.61. The van der Waals surface area contributed by atoms with Crippen LogP contribution in [0.2, 0.25) is 0 Å². The number of aromatic nitrogens is 3. The van der Waals surface area contributed by atoms with Crippen LogP contribution >= 0.6 is 0 Å². The molecule has 1 heterocycles. The Kier molecular flexibility index (Phi) is 5.19. The van der Waals surface area contributed by atoms with E-state index in [2.05, 4.69) is 25.8 Å². The van der Waals surface area contributed by atoms with E-state index in [0.29, 0.717) is 29.2 Å². The van der Waals surface area contributed by atoms with E-state index >= 15 is 0 Å². The van der Waals surface area contributed by atoms with Crippen molar-refractivity contribution in [3.63, 3.8) is 0 Å². The molecule has 2 aromatic rings. The lowest BCUT2D eigenvalue weighted by atomic mass is 10.2. The Morgan fingerprint density at radius 3 is 2.35 bits per heavy atom. The molecule has 2 rings (SSSR count). The predicted molar refractivity (Wildman–Crippen MR) is 84.3 cm³/mol. The van der Waals surface area contributed by atoms with Crippen molar-refractivity contribution >= 4 is 23.6 Å². The van der Waals surface area contributed by atoms with Gasteiger partial charge in [0.2, 0.25) is 0 Å². The number of rotatable bonds is 4. The maximum Gasteiger partial charge on any atom is 0.338 e. The van der Waals surface area contributed by atoms with E-state index in [1.807, 2.05) is 0 Å². The molecule has 0 saturated heterocycles. The first-order valence-electron chi connectivity index (χ1n) is 7.02. The molecule has 1 aromatic carbocycles. The van der Waals surface area contributed by atoms with Crippen LogP contribution in [0, 0.1) is 13.8 Å². The Hall–Kier alpha value is -3.03. The minimum atomic E-state index is -0.501. The van der Waals surface area contributed by atoms with Gasteiger partial charge in [-0.2, -0.15) is 5.10 Å². The summed E-state index contributed by atoms with van der Waals surface area (Å²) < 4.78 is 4.89. The Bertz CT molecular complexity index is 716. The molecule has 8 nitrogen and oxygen atoms in total. The van der Waals surface area contributed by atoms with E-state index in [1.54, 1.807) is 45.0 Å². The van der Waals surface area contributed by atoms with Crippen molar-refractivity contribution in [3.8, 4) is 0 Å². The van der Waals surface area contributed by atoms with Crippen LogP contribution in [-0.4, -0.2) is 33.8 Å². The molecule has 0 aliphatic carbocycles. The zero-order chi connectivity index (χ0) is 16.8. The number of carbonyl (C=O) groups excluding carboxylic acids is 2. The highest BCUT2D eigenvalue weighted by molar-refractivity contribution is 5.99. The fourth-order valence-electron chi connectivity index (χ4n) is 1.68. The molecule has 2 N–H and O–H groups in total. The van der Waals surface area contributed by atoms with Gasteiger partial charge in [-0.05, 0) is 45.0 Å². The van der Waals surface area contributed by atoms with E-state index in [4.69, 9.17) is 4.74 Å². The van der Waals surface area contributed by atoms with Gasteiger partial charge in [-0.25, -0.2) is 14.6 Å². The van der Waals surface area contributed by atoms with Gasteiger partial charge in [-0.3, -0.25) is 5.32 Å². The van der Waals surface area contributed by atoms with Crippen LogP contribution in [0.5, 0.6) is 0 Å². The van der Waals surface area contributed by atoms with Crippen molar-refractivity contribution in [1.82, 2.24) is 15.2 Å². The lowest BCUT2D eigenvalue weighted by molar-refractivity contribution is 0.0526. The zero-order valence-corrected chi connectivity index (χ0v) is 13.1. The molecule has 0 saturated carbocycles. The first kappa shape index (κ1) is 16.3. The van der Waals surface area contributed by atoms with Crippen LogP contribution < -0.4 is 10.6 Å². The molecule has 2 amide bonds. The second kappa shape index (κ2) is 7.30. The summed E-state index contributed by atoms with van der Waals surface area (Å²) in [6.07, 6.45) is 0. The number of carbonyl (C=O) groups is 2. The molecule has 0 bridgehead atoms. The van der Waals surface area contributed by atoms with Crippen molar-refractivity contribution in [2.24, 2.45) is 0 Å². The molecule has 0 radical (unpaired) electrons. The van der Waals surface area contributed by atoms with Crippen molar-refractivity contribution in [3.05, 3.63) is 41.2 Å². The third-order valence-electron chi connectivity index (χ3n) is 2.97. The number of benzene rings is 1. The number of ether oxygens (including phenoxy) is 1. The zero-order valence-electron chi connectivity index (χ0n) is 13.1. The Morgan fingerprint density at radius 2 is 1.74 bits per heavy atom. The highest BCUT2D eigenvalue weighted by atomic mass is 16.5. The number of nitrogens with zero attached hydrogens (tertiary/aromatic N) is 3. The van der Waals surface area contributed by atoms with Crippen LogP contribution in [0.3, 0.4) is 0 Å². The van der Waals surface area contributed by atoms with Gasteiger partial charge in [0.25, 0.3) is 5.95 Å². The van der Waals surface area contributed by atoms with Crippen molar-refractivity contribution in [2.45, 2.75) is 20.8 Å². The minimum Gasteiger partial charge on any atom is -0.462 e. The van der Waals surface area contributed by atoms with Gasteiger partial charge < -0.3 is 10.1 Å². The smallest absolute Gasteiger partial charge is 0.338 e. The van der Waals surface area contributed by atoms with Gasteiger partial charge in [0.05, 0.1) is 23.6 Å². The van der Waals surface area contributed by atoms with Gasteiger partial charge in [0.1, 0.15) is 0 Å². The SMILES string of the molecule is CCOC(=O)c1ccc(NC(=O)Nc2nnc(C)c(C)n2)cc1. The molecule has 0 aliphatic rings. The Balaban J connectivity index is 1.97. The van der Waals surface area contributed by atoms with Crippen molar-refractivity contribution < 1.29 is 14.3 Å². The summed E-state index contributed by atoms with van der Waals surface area (Å²) in [6, 6.07) is 5.85. The second-order valence-corrected chi connectivity index (χ2v) is 4.68. The number of aryl methyl sites for hydroxylation is 2. The van der Waals surface area contributed by atoms with Gasteiger partial charge >= 0.3 is 12.0 Å². The molecular formula is C15H17N5O3. The first-order chi connectivity index (χ1) is 11.0. The summed E-state index contributed by atoms with van der Waals surface area (Å²) in [5.41, 5.74) is 2.33. The molecule has 23 heavy (non-hydrogen) atoms. The number of nitrogens with one attached hydrogen (secondary N) is 2. The van der Waals surface area contributed by atoms with Crippen LogP contribution in [-0.2, 0) is 4.74 Å². The van der Waals surface area contributed by atoms with Crippen LogP contribution in [0.1, 0.15) is 28.7 Å². The van der Waals surface area contributed by atoms with Crippen molar-refractivity contribution in [2.75, 3.05) is 17.2 Å². The van der Waals surface area contributed by atoms with E-state index < -0.39 is 12.0 Å². The van der Waals surface area contributed by atoms with Crippen LogP contribution in [0.15, 0.2) is 24.3 Å². The predicted octanol–water partition coefficient (Wildman–Crippen LogP) is 2.31. The molecule has 1 aromatic heterocycles. The quantitative estimate of drug-likeness (QED) is 0.839. The van der Waals surface area contributed by atoms with Crippen LogP contribution in [0.25, 0.3) is 0 Å². The maximum absolute atomic E-state index is 11.9. The second-order valence-electron chi connectivity index (χ2n) is 4.68. The van der Waals surface area contributed by atoms with Gasteiger partial charge in [0.15, 0.2) is 0 Å². The number of amides is 2. The highest BCUT2D eigenvalue weighted by Gasteiger charge is 2.09. The lowest BCUT2D eigenvalue weighted by Gasteiger charge is -2.07. The first-order valence-corrected chi connectivity index (χ1v) is 7.02. The standard InChI is InChI=1S/C15H17N5O3/c1-4-23-13(21)11-5-7-12(8-6-11)17-15(22)18-14-16-9(2)10(3)19-20-14/h5-8H,4H2,1-3H3,(H2,16,17,18,20,22). The number of esters is 1. The monoisotopic (exact) mass is 315 g/mol.